The van der Waals surface area contributed by atoms with E-state index in [-0.39, 0.29) is 5.78 Å². The second-order valence-electron chi connectivity index (χ2n) is 4.78. The van der Waals surface area contributed by atoms with Crippen LogP contribution in [0.1, 0.15) is 22.3 Å². The molecular weight excluding hydrogens is 361 g/mol. The number of para-hydroxylation sites is 1. The van der Waals surface area contributed by atoms with Gasteiger partial charge in [0.1, 0.15) is 0 Å². The van der Waals surface area contributed by atoms with Crippen LogP contribution in [0.4, 0.5) is 5.69 Å². The number of ketones is 1. The van der Waals surface area contributed by atoms with Crippen LogP contribution in [0.3, 0.4) is 0 Å². The van der Waals surface area contributed by atoms with E-state index in [1.165, 1.54) is 0 Å². The van der Waals surface area contributed by atoms with Gasteiger partial charge in [0.2, 0.25) is 0 Å². The summed E-state index contributed by atoms with van der Waals surface area (Å²) >= 11 is 2.28. The molecule has 0 aliphatic heterocycles. The highest BCUT2D eigenvalue weighted by molar-refractivity contribution is 14.1. The zero-order chi connectivity index (χ0) is 13.9. The first-order chi connectivity index (χ1) is 9.75. The molecule has 0 saturated carbocycles. The average Bonchev–Trinajstić information content (AvgIpc) is 2.48. The molecule has 0 fully saturated rings. The Morgan fingerprint density at radius 2 is 1.75 bits per heavy atom. The highest BCUT2D eigenvalue weighted by Crippen LogP contribution is 2.25. The van der Waals surface area contributed by atoms with Crippen molar-refractivity contribution in [3.8, 4) is 0 Å². The first kappa shape index (κ1) is 13.4. The summed E-state index contributed by atoms with van der Waals surface area (Å²) in [7, 11) is 0. The minimum atomic E-state index is 0.144. The number of carbonyl (C=O) groups is 1. The third-order valence-corrected chi connectivity index (χ3v) is 4.43. The molecule has 0 heterocycles. The van der Waals surface area contributed by atoms with Gasteiger partial charge < -0.3 is 5.32 Å². The monoisotopic (exact) mass is 375 g/mol. The van der Waals surface area contributed by atoms with Crippen molar-refractivity contribution in [2.75, 3.05) is 5.32 Å². The molecule has 0 radical (unpaired) electrons. The number of halogens is 1. The number of hydrogen-bond donors (Lipinski definition) is 1. The number of rotatable bonds is 2. The van der Waals surface area contributed by atoms with Gasteiger partial charge in [0, 0.05) is 20.9 Å². The van der Waals surface area contributed by atoms with Gasteiger partial charge in [0.25, 0.3) is 0 Å². The van der Waals surface area contributed by atoms with Gasteiger partial charge >= 0.3 is 0 Å². The molecule has 3 heteroatoms. The molecule has 100 valence electrons. The van der Waals surface area contributed by atoms with Crippen molar-refractivity contribution < 1.29 is 4.79 Å². The Bertz CT molecular complexity index is 691. The first-order valence-electron chi connectivity index (χ1n) is 6.58. The summed E-state index contributed by atoms with van der Waals surface area (Å²) in [5, 5.41) is 3.25. The van der Waals surface area contributed by atoms with Crippen molar-refractivity contribution in [2.45, 2.75) is 12.8 Å². The van der Waals surface area contributed by atoms with Crippen LogP contribution in [0.25, 0.3) is 0 Å². The van der Waals surface area contributed by atoms with E-state index < -0.39 is 0 Å². The number of carbonyl (C=O) groups excluding carboxylic acids is 1. The van der Waals surface area contributed by atoms with Gasteiger partial charge in [-0.3, -0.25) is 4.79 Å². The number of allylic oxidation sites excluding steroid dienone is 1. The zero-order valence-electron chi connectivity index (χ0n) is 10.9. The summed E-state index contributed by atoms with van der Waals surface area (Å²) < 4.78 is 1.14. The molecule has 0 unspecified atom stereocenters. The normalized spacial score (nSPS) is 16.1. The van der Waals surface area contributed by atoms with Crippen LogP contribution in [-0.4, -0.2) is 5.78 Å². The molecule has 1 aliphatic rings. The van der Waals surface area contributed by atoms with Crippen molar-refractivity contribution in [1.29, 1.82) is 0 Å². The van der Waals surface area contributed by atoms with Crippen molar-refractivity contribution in [1.82, 2.24) is 0 Å². The van der Waals surface area contributed by atoms with Crippen LogP contribution >= 0.6 is 22.6 Å². The predicted octanol–water partition coefficient (Wildman–Crippen LogP) is 4.42. The fourth-order valence-corrected chi connectivity index (χ4v) is 2.94. The van der Waals surface area contributed by atoms with Gasteiger partial charge in [-0.05, 0) is 53.1 Å². The maximum Gasteiger partial charge on any atom is 0.190 e. The van der Waals surface area contributed by atoms with Gasteiger partial charge in [-0.25, -0.2) is 0 Å². The molecule has 0 saturated heterocycles. The van der Waals surface area contributed by atoms with Gasteiger partial charge in [0.05, 0.1) is 5.69 Å². The Labute approximate surface area is 132 Å². The number of fused-ring (bicyclic) bond motifs is 1. The average molecular weight is 375 g/mol. The fourth-order valence-electron chi connectivity index (χ4n) is 2.40. The summed E-state index contributed by atoms with van der Waals surface area (Å²) in [5.74, 6) is 0.144. The molecule has 1 aliphatic carbocycles. The molecule has 0 atom stereocenters. The topological polar surface area (TPSA) is 29.1 Å². The third kappa shape index (κ3) is 2.63. The standard InChI is InChI=1S/C17H14INO/c18-15-7-3-4-8-16(15)19-11-13-10-9-12-5-1-2-6-14(12)17(13)20/h1-8,11,19H,9-10H2/b13-11+. The van der Waals surface area contributed by atoms with Crippen molar-refractivity contribution in [2.24, 2.45) is 0 Å². The fraction of sp³-hybridized carbons (Fsp3) is 0.118. The number of benzene rings is 2. The minimum absolute atomic E-state index is 0.144. The molecule has 2 aromatic rings. The van der Waals surface area contributed by atoms with Crippen LogP contribution in [-0.2, 0) is 6.42 Å². The van der Waals surface area contributed by atoms with Gasteiger partial charge in [0.15, 0.2) is 5.78 Å². The summed E-state index contributed by atoms with van der Waals surface area (Å²) in [6.07, 6.45) is 3.59. The van der Waals surface area contributed by atoms with Gasteiger partial charge in [-0.15, -0.1) is 0 Å². The zero-order valence-corrected chi connectivity index (χ0v) is 13.1. The molecule has 3 rings (SSSR count). The van der Waals surface area contributed by atoms with E-state index in [1.807, 2.05) is 54.7 Å². The third-order valence-electron chi connectivity index (χ3n) is 3.49. The molecule has 1 N–H and O–H groups in total. The Balaban J connectivity index is 1.84. The van der Waals surface area contributed by atoms with Crippen LogP contribution in [0.2, 0.25) is 0 Å². The highest BCUT2D eigenvalue weighted by Gasteiger charge is 2.20. The molecule has 2 nitrogen and oxygen atoms in total. The van der Waals surface area contributed by atoms with Crippen LogP contribution in [0.15, 0.2) is 60.3 Å². The predicted molar refractivity (Wildman–Crippen MR) is 90.0 cm³/mol. The lowest BCUT2D eigenvalue weighted by atomic mass is 9.87. The van der Waals surface area contributed by atoms with E-state index >= 15 is 0 Å². The Morgan fingerprint density at radius 1 is 1.00 bits per heavy atom. The quantitative estimate of drug-likeness (QED) is 0.622. The lowest BCUT2D eigenvalue weighted by Gasteiger charge is -2.17. The molecular formula is C17H14INO. The number of Topliss-reactive ketones (excluding diaryl/α,β-unsaturated/α-hetero) is 1. The second-order valence-corrected chi connectivity index (χ2v) is 5.94. The summed E-state index contributed by atoms with van der Waals surface area (Å²) in [6.45, 7) is 0. The van der Waals surface area contributed by atoms with E-state index in [9.17, 15) is 4.79 Å². The summed E-state index contributed by atoms with van der Waals surface area (Å²) in [6, 6.07) is 15.9. The van der Waals surface area contributed by atoms with E-state index in [4.69, 9.17) is 0 Å². The molecule has 20 heavy (non-hydrogen) atoms. The van der Waals surface area contributed by atoms with E-state index in [2.05, 4.69) is 27.9 Å². The molecule has 2 aromatic carbocycles. The summed E-state index contributed by atoms with van der Waals surface area (Å²) in [5.41, 5.74) is 3.88. The molecule has 0 amide bonds. The maximum atomic E-state index is 12.4. The van der Waals surface area contributed by atoms with E-state index in [0.717, 1.165) is 38.8 Å². The molecule has 0 bridgehead atoms. The minimum Gasteiger partial charge on any atom is -0.360 e. The number of aryl methyl sites for hydroxylation is 1. The van der Waals surface area contributed by atoms with E-state index in [0.29, 0.717) is 0 Å². The summed E-state index contributed by atoms with van der Waals surface area (Å²) in [4.78, 5) is 12.4. The number of nitrogens with one attached hydrogen (secondary N) is 1. The van der Waals surface area contributed by atoms with Crippen molar-refractivity contribution in [3.63, 3.8) is 0 Å². The molecule has 0 spiro atoms. The first-order valence-corrected chi connectivity index (χ1v) is 7.66. The van der Waals surface area contributed by atoms with Crippen LogP contribution in [0.5, 0.6) is 0 Å². The Kier molecular flexibility index (Phi) is 3.87. The van der Waals surface area contributed by atoms with Crippen molar-refractivity contribution in [3.05, 3.63) is 75.0 Å². The van der Waals surface area contributed by atoms with E-state index in [1.54, 1.807) is 0 Å². The van der Waals surface area contributed by atoms with Crippen LogP contribution in [0, 0.1) is 3.57 Å². The molecule has 0 aromatic heterocycles. The lowest BCUT2D eigenvalue weighted by Crippen LogP contribution is -2.15. The number of anilines is 1. The number of hydrogen-bond acceptors (Lipinski definition) is 2. The largest absolute Gasteiger partial charge is 0.360 e. The van der Waals surface area contributed by atoms with Gasteiger partial charge in [-0.1, -0.05) is 36.4 Å². The lowest BCUT2D eigenvalue weighted by molar-refractivity contribution is 0.102. The van der Waals surface area contributed by atoms with Crippen molar-refractivity contribution >= 4 is 34.1 Å². The van der Waals surface area contributed by atoms with Crippen LogP contribution < -0.4 is 5.32 Å². The SMILES string of the molecule is O=C1/C(=C/Nc2ccccc2I)CCc2ccccc21. The Morgan fingerprint density at radius 3 is 2.60 bits per heavy atom. The smallest absolute Gasteiger partial charge is 0.190 e. The highest BCUT2D eigenvalue weighted by atomic mass is 127. The van der Waals surface area contributed by atoms with Gasteiger partial charge in [-0.2, -0.15) is 0 Å². The maximum absolute atomic E-state index is 12.4. The Hall–Kier alpha value is -1.62. The second kappa shape index (κ2) is 5.79.